The third-order valence-electron chi connectivity index (χ3n) is 9.99. The SMILES string of the molecule is CC(C1CCCC1C1CCCC1[C@@H](C)P(c1ccccc1)c1ccccc1)P(c1ccccc1)c1ccccc1. The quantitative estimate of drug-likeness (QED) is 0.179. The molecule has 0 amide bonds. The van der Waals surface area contributed by atoms with Gasteiger partial charge in [-0.25, -0.2) is 0 Å². The summed E-state index contributed by atoms with van der Waals surface area (Å²) in [4.78, 5) is 0. The molecular weight excluding hydrogens is 518 g/mol. The normalized spacial score (nSPS) is 24.4. The molecule has 0 saturated heterocycles. The molecule has 2 heteroatoms. The highest BCUT2D eigenvalue weighted by Gasteiger charge is 2.46. The van der Waals surface area contributed by atoms with Crippen molar-refractivity contribution in [3.05, 3.63) is 121 Å². The Kier molecular flexibility index (Phi) is 9.17. The molecule has 6 rings (SSSR count). The zero-order chi connectivity index (χ0) is 27.3. The van der Waals surface area contributed by atoms with Gasteiger partial charge in [0.2, 0.25) is 0 Å². The molecule has 0 heterocycles. The van der Waals surface area contributed by atoms with E-state index < -0.39 is 0 Å². The van der Waals surface area contributed by atoms with E-state index in [0.29, 0.717) is 11.3 Å². The first-order valence-electron chi connectivity index (χ1n) is 15.5. The second-order valence-electron chi connectivity index (χ2n) is 12.1. The largest absolute Gasteiger partial charge is 0.0622 e. The second kappa shape index (κ2) is 13.1. The van der Waals surface area contributed by atoms with Crippen LogP contribution in [-0.2, 0) is 0 Å². The maximum absolute atomic E-state index is 2.61. The number of rotatable bonds is 9. The van der Waals surface area contributed by atoms with Crippen molar-refractivity contribution in [2.24, 2.45) is 23.7 Å². The van der Waals surface area contributed by atoms with Gasteiger partial charge in [0.25, 0.3) is 0 Å². The molecule has 0 radical (unpaired) electrons. The molecule has 0 aromatic heterocycles. The summed E-state index contributed by atoms with van der Waals surface area (Å²) in [6, 6.07) is 45.8. The van der Waals surface area contributed by atoms with Gasteiger partial charge >= 0.3 is 0 Å². The third kappa shape index (κ3) is 5.87. The van der Waals surface area contributed by atoms with Gasteiger partial charge in [0.15, 0.2) is 0 Å². The smallest absolute Gasteiger partial charge is 0.0126 e. The van der Waals surface area contributed by atoms with E-state index in [0.717, 1.165) is 23.7 Å². The van der Waals surface area contributed by atoms with Crippen LogP contribution >= 0.6 is 15.8 Å². The predicted octanol–water partition coefficient (Wildman–Crippen LogP) is 8.86. The van der Waals surface area contributed by atoms with Crippen molar-refractivity contribution in [1.82, 2.24) is 0 Å². The van der Waals surface area contributed by atoms with Crippen molar-refractivity contribution in [3.63, 3.8) is 0 Å². The van der Waals surface area contributed by atoms with E-state index in [1.165, 1.54) is 38.5 Å². The Bertz CT molecular complexity index is 1120. The van der Waals surface area contributed by atoms with E-state index in [-0.39, 0.29) is 15.8 Å². The number of benzene rings is 4. The molecule has 0 bridgehead atoms. The Morgan fingerprint density at radius 1 is 0.425 bits per heavy atom. The molecule has 40 heavy (non-hydrogen) atoms. The van der Waals surface area contributed by atoms with Gasteiger partial charge in [-0.05, 0) is 97.7 Å². The van der Waals surface area contributed by atoms with Crippen LogP contribution in [0, 0.1) is 23.7 Å². The van der Waals surface area contributed by atoms with E-state index in [4.69, 9.17) is 0 Å². The first-order valence-corrected chi connectivity index (χ1v) is 18.3. The minimum atomic E-state index is -0.374. The van der Waals surface area contributed by atoms with Gasteiger partial charge in [-0.2, -0.15) is 0 Å². The Balaban J connectivity index is 1.30. The van der Waals surface area contributed by atoms with Crippen molar-refractivity contribution in [2.75, 3.05) is 0 Å². The molecule has 2 fully saturated rings. The Morgan fingerprint density at radius 3 is 0.975 bits per heavy atom. The first kappa shape index (κ1) is 27.9. The average Bonchev–Trinajstić information content (AvgIpc) is 3.70. The molecule has 0 N–H and O–H groups in total. The highest BCUT2D eigenvalue weighted by Crippen LogP contribution is 2.57. The Morgan fingerprint density at radius 2 is 0.700 bits per heavy atom. The highest BCUT2D eigenvalue weighted by molar-refractivity contribution is 7.74. The van der Waals surface area contributed by atoms with Crippen LogP contribution in [-0.4, -0.2) is 11.3 Å². The maximum Gasteiger partial charge on any atom is -0.0126 e. The van der Waals surface area contributed by atoms with Gasteiger partial charge in [-0.1, -0.05) is 148 Å². The van der Waals surface area contributed by atoms with E-state index >= 15 is 0 Å². The fourth-order valence-electron chi connectivity index (χ4n) is 8.27. The molecular formula is C38H44P2. The molecule has 2 aliphatic carbocycles. The van der Waals surface area contributed by atoms with E-state index in [1.54, 1.807) is 21.2 Å². The van der Waals surface area contributed by atoms with Gasteiger partial charge in [0, 0.05) is 0 Å². The lowest BCUT2D eigenvalue weighted by Crippen LogP contribution is -2.35. The van der Waals surface area contributed by atoms with Crippen molar-refractivity contribution < 1.29 is 0 Å². The summed E-state index contributed by atoms with van der Waals surface area (Å²) in [7, 11) is -0.749. The fourth-order valence-corrected chi connectivity index (χ4v) is 14.2. The zero-order valence-corrected chi connectivity index (χ0v) is 25.9. The van der Waals surface area contributed by atoms with Crippen LogP contribution in [0.5, 0.6) is 0 Å². The molecule has 5 unspecified atom stereocenters. The summed E-state index contributed by atoms with van der Waals surface area (Å²) in [5.41, 5.74) is 1.40. The minimum Gasteiger partial charge on any atom is -0.0622 e. The number of hydrogen-bond acceptors (Lipinski definition) is 0. The lowest BCUT2D eigenvalue weighted by Gasteiger charge is -2.40. The summed E-state index contributed by atoms with van der Waals surface area (Å²) < 4.78 is 0. The lowest BCUT2D eigenvalue weighted by atomic mass is 9.76. The van der Waals surface area contributed by atoms with Crippen molar-refractivity contribution >= 4 is 37.1 Å². The Labute approximate surface area is 245 Å². The van der Waals surface area contributed by atoms with Crippen LogP contribution in [0.4, 0.5) is 0 Å². The molecule has 0 nitrogen and oxygen atoms in total. The summed E-state index contributed by atoms with van der Waals surface area (Å²) in [5, 5.41) is 6.20. The van der Waals surface area contributed by atoms with Crippen molar-refractivity contribution in [3.8, 4) is 0 Å². The topological polar surface area (TPSA) is 0 Å². The predicted molar refractivity (Wildman–Crippen MR) is 179 cm³/mol. The van der Waals surface area contributed by atoms with Crippen LogP contribution in [0.15, 0.2) is 121 Å². The summed E-state index contributed by atoms with van der Waals surface area (Å²) in [5.74, 6) is 3.38. The maximum atomic E-state index is 2.61. The first-order chi connectivity index (χ1) is 19.7. The molecule has 4 aromatic carbocycles. The molecule has 2 aliphatic rings. The van der Waals surface area contributed by atoms with Crippen LogP contribution < -0.4 is 21.2 Å². The van der Waals surface area contributed by atoms with Crippen LogP contribution in [0.25, 0.3) is 0 Å². The summed E-state index contributed by atoms with van der Waals surface area (Å²) in [6.07, 6.45) is 8.52. The van der Waals surface area contributed by atoms with Gasteiger partial charge in [-0.15, -0.1) is 0 Å². The van der Waals surface area contributed by atoms with Crippen molar-refractivity contribution in [2.45, 2.75) is 63.7 Å². The molecule has 6 atom stereocenters. The van der Waals surface area contributed by atoms with E-state index in [1.807, 2.05) is 0 Å². The van der Waals surface area contributed by atoms with Crippen LogP contribution in [0.1, 0.15) is 52.4 Å². The minimum absolute atomic E-state index is 0.374. The van der Waals surface area contributed by atoms with E-state index in [2.05, 4.69) is 135 Å². The molecule has 2 saturated carbocycles. The zero-order valence-electron chi connectivity index (χ0n) is 24.1. The summed E-state index contributed by atoms with van der Waals surface area (Å²) in [6.45, 7) is 5.23. The third-order valence-corrected chi connectivity index (χ3v) is 15.8. The molecule has 4 aromatic rings. The fraction of sp³-hybridized carbons (Fsp3) is 0.368. The molecule has 206 valence electrons. The summed E-state index contributed by atoms with van der Waals surface area (Å²) >= 11 is 0. The van der Waals surface area contributed by atoms with Crippen molar-refractivity contribution in [1.29, 1.82) is 0 Å². The van der Waals surface area contributed by atoms with Gasteiger partial charge in [0.05, 0.1) is 0 Å². The van der Waals surface area contributed by atoms with E-state index in [9.17, 15) is 0 Å². The van der Waals surface area contributed by atoms with Crippen LogP contribution in [0.2, 0.25) is 0 Å². The van der Waals surface area contributed by atoms with Crippen LogP contribution in [0.3, 0.4) is 0 Å². The second-order valence-corrected chi connectivity index (χ2v) is 17.3. The molecule has 0 aliphatic heterocycles. The number of hydrogen-bond donors (Lipinski definition) is 0. The van der Waals surface area contributed by atoms with Gasteiger partial charge in [-0.3, -0.25) is 0 Å². The van der Waals surface area contributed by atoms with Gasteiger partial charge < -0.3 is 0 Å². The molecule has 0 spiro atoms. The Hall–Kier alpha value is -2.26. The van der Waals surface area contributed by atoms with Gasteiger partial charge in [0.1, 0.15) is 0 Å². The average molecular weight is 563 g/mol. The monoisotopic (exact) mass is 562 g/mol. The lowest BCUT2D eigenvalue weighted by molar-refractivity contribution is 0.207. The highest BCUT2D eigenvalue weighted by atomic mass is 31.1. The standard InChI is InChI=1S/C38H44P2/c1-29(39(31-17-7-3-8-18-31)32-19-9-4-10-20-32)35-25-15-27-37(35)38-28-16-26-36(38)30(2)40(33-21-11-5-12-22-33)34-23-13-6-14-24-34/h3-14,17-24,29-30,35-38H,15-16,25-28H2,1-2H3/t29-,30?,35?,36?,37?,38?/m1/s1.